The molecule has 0 aromatic heterocycles. The zero-order valence-electron chi connectivity index (χ0n) is 23.8. The molecule has 0 spiro atoms. The van der Waals surface area contributed by atoms with Gasteiger partial charge in [0, 0.05) is 30.0 Å². The average Bonchev–Trinajstić information content (AvgIpc) is 3.30. The lowest BCUT2D eigenvalue weighted by Crippen LogP contribution is -2.21. The largest absolute Gasteiger partial charge is 0.496 e. The van der Waals surface area contributed by atoms with Crippen molar-refractivity contribution >= 4 is 23.8 Å². The van der Waals surface area contributed by atoms with E-state index in [1.807, 2.05) is 0 Å². The normalized spacial score (nSPS) is 16.1. The molecule has 0 saturated heterocycles. The number of ether oxygens (including phenoxy) is 8. The molecule has 2 aliphatic rings. The number of hydrogen-bond acceptors (Lipinski definition) is 11. The lowest BCUT2D eigenvalue weighted by Gasteiger charge is -2.27. The van der Waals surface area contributed by atoms with Gasteiger partial charge in [0.15, 0.2) is 28.8 Å². The molecule has 3 aromatic rings. The fourth-order valence-corrected chi connectivity index (χ4v) is 5.04. The number of methoxy groups -OCH3 is 5. The van der Waals surface area contributed by atoms with E-state index >= 15 is 0 Å². The maximum absolute atomic E-state index is 13.5. The van der Waals surface area contributed by atoms with Crippen molar-refractivity contribution < 1.29 is 52.3 Å². The maximum atomic E-state index is 13.5. The second kappa shape index (κ2) is 11.4. The fourth-order valence-electron chi connectivity index (χ4n) is 5.04. The van der Waals surface area contributed by atoms with E-state index in [1.165, 1.54) is 42.5 Å². The smallest absolute Gasteiger partial charge is 0.312 e. The number of rotatable bonds is 8. The molecule has 2 heterocycles. The standard InChI is InChI=1S/C31H28O11/c1-15(32)40-31-25(38-5)9-16(10-26(31)39-6)19-13-27(33)41-20-8-7-18-29(34)24(42-30(18)28(19)20)12-17-11-22(36-3)23(37-4)14-21(17)35-2/h7-12,14,19H,13H2,1-6H3/b24-12+/t19-/m0/s1. The van der Waals surface area contributed by atoms with Crippen LogP contribution >= 0.6 is 0 Å². The van der Waals surface area contributed by atoms with Crippen molar-refractivity contribution in [2.24, 2.45) is 0 Å². The van der Waals surface area contributed by atoms with Crippen molar-refractivity contribution in [2.45, 2.75) is 19.3 Å². The van der Waals surface area contributed by atoms with Crippen molar-refractivity contribution in [1.29, 1.82) is 0 Å². The van der Waals surface area contributed by atoms with Gasteiger partial charge in [0.05, 0.1) is 47.5 Å². The highest BCUT2D eigenvalue weighted by molar-refractivity contribution is 6.15. The molecule has 3 aromatic carbocycles. The molecule has 0 amide bonds. The highest BCUT2D eigenvalue weighted by Gasteiger charge is 2.39. The Bertz CT molecular complexity index is 1610. The third-order valence-corrected chi connectivity index (χ3v) is 6.93. The monoisotopic (exact) mass is 576 g/mol. The van der Waals surface area contributed by atoms with Crippen LogP contribution in [-0.2, 0) is 9.59 Å². The molecule has 11 heteroatoms. The Kier molecular flexibility index (Phi) is 7.66. The topological polar surface area (TPSA) is 125 Å². The molecule has 1 atom stereocenters. The molecule has 0 saturated carbocycles. The number of hydrogen-bond donors (Lipinski definition) is 0. The number of Topliss-reactive ketones (excluding diaryl/α,β-unsaturated/α-hetero) is 1. The van der Waals surface area contributed by atoms with E-state index in [-0.39, 0.29) is 46.7 Å². The Morgan fingerprint density at radius 1 is 0.810 bits per heavy atom. The number of carbonyl (C=O) groups excluding carboxylic acids is 3. The van der Waals surface area contributed by atoms with Gasteiger partial charge in [-0.2, -0.15) is 0 Å². The predicted molar refractivity (Wildman–Crippen MR) is 148 cm³/mol. The Morgan fingerprint density at radius 3 is 2.02 bits per heavy atom. The number of benzene rings is 3. The van der Waals surface area contributed by atoms with E-state index in [0.29, 0.717) is 39.5 Å². The number of carbonyl (C=O) groups is 3. The van der Waals surface area contributed by atoms with E-state index in [9.17, 15) is 14.4 Å². The van der Waals surface area contributed by atoms with Crippen LogP contribution in [0.3, 0.4) is 0 Å². The van der Waals surface area contributed by atoms with Gasteiger partial charge in [0.1, 0.15) is 17.2 Å². The highest BCUT2D eigenvalue weighted by atomic mass is 16.6. The molecule has 0 aliphatic carbocycles. The van der Waals surface area contributed by atoms with E-state index in [0.717, 1.165) is 0 Å². The fraction of sp³-hybridized carbons (Fsp3) is 0.258. The minimum Gasteiger partial charge on any atom is -0.496 e. The van der Waals surface area contributed by atoms with E-state index in [4.69, 9.17) is 37.9 Å². The van der Waals surface area contributed by atoms with Crippen molar-refractivity contribution in [3.05, 3.63) is 64.4 Å². The van der Waals surface area contributed by atoms with Gasteiger partial charge in [0.2, 0.25) is 11.5 Å². The first kappa shape index (κ1) is 28.3. The SMILES string of the molecule is COc1cc(OC)c(OC)cc1/C=C1/Oc2c(ccc3c2[C@H](c2cc(OC)c(OC(C)=O)c(OC)c2)CC(=O)O3)C1=O. The summed E-state index contributed by atoms with van der Waals surface area (Å²) in [6.07, 6.45) is 1.50. The molecule has 0 bridgehead atoms. The van der Waals surface area contributed by atoms with Crippen molar-refractivity contribution in [2.75, 3.05) is 35.5 Å². The molecule has 0 N–H and O–H groups in total. The quantitative estimate of drug-likeness (QED) is 0.210. The molecule has 2 aliphatic heterocycles. The second-order valence-corrected chi connectivity index (χ2v) is 9.32. The van der Waals surface area contributed by atoms with Crippen LogP contribution in [0.1, 0.15) is 46.3 Å². The summed E-state index contributed by atoms with van der Waals surface area (Å²) in [5, 5.41) is 0. The lowest BCUT2D eigenvalue weighted by molar-refractivity contribution is -0.135. The molecule has 0 unspecified atom stereocenters. The van der Waals surface area contributed by atoms with Crippen LogP contribution in [0, 0.1) is 0 Å². The third-order valence-electron chi connectivity index (χ3n) is 6.93. The van der Waals surface area contributed by atoms with Crippen LogP contribution in [0.25, 0.3) is 6.08 Å². The molecule has 42 heavy (non-hydrogen) atoms. The summed E-state index contributed by atoms with van der Waals surface area (Å²) in [4.78, 5) is 37.9. The Balaban J connectivity index is 1.62. The Morgan fingerprint density at radius 2 is 1.43 bits per heavy atom. The van der Waals surface area contributed by atoms with Gasteiger partial charge in [0.25, 0.3) is 0 Å². The van der Waals surface area contributed by atoms with Crippen LogP contribution < -0.4 is 37.9 Å². The first-order valence-electron chi connectivity index (χ1n) is 12.8. The van der Waals surface area contributed by atoms with Gasteiger partial charge in [-0.25, -0.2) is 0 Å². The summed E-state index contributed by atoms with van der Waals surface area (Å²) < 4.78 is 44.3. The van der Waals surface area contributed by atoms with Crippen LogP contribution in [-0.4, -0.2) is 53.3 Å². The second-order valence-electron chi connectivity index (χ2n) is 9.32. The summed E-state index contributed by atoms with van der Waals surface area (Å²) in [5.41, 5.74) is 1.94. The molecular formula is C31H28O11. The van der Waals surface area contributed by atoms with Gasteiger partial charge >= 0.3 is 11.9 Å². The first-order valence-corrected chi connectivity index (χ1v) is 12.8. The number of ketones is 1. The lowest BCUT2D eigenvalue weighted by atomic mass is 9.84. The molecule has 218 valence electrons. The summed E-state index contributed by atoms with van der Waals surface area (Å²) in [6.45, 7) is 1.26. The van der Waals surface area contributed by atoms with Crippen molar-refractivity contribution in [3.8, 4) is 46.0 Å². The highest BCUT2D eigenvalue weighted by Crippen LogP contribution is 2.51. The summed E-state index contributed by atoms with van der Waals surface area (Å²) in [7, 11) is 7.36. The van der Waals surface area contributed by atoms with Crippen LogP contribution in [0.5, 0.6) is 46.0 Å². The summed E-state index contributed by atoms with van der Waals surface area (Å²) >= 11 is 0. The Hall–Kier alpha value is -5.19. The average molecular weight is 577 g/mol. The van der Waals surface area contributed by atoms with E-state index in [1.54, 1.807) is 42.5 Å². The van der Waals surface area contributed by atoms with Crippen LogP contribution in [0.15, 0.2) is 42.2 Å². The number of fused-ring (bicyclic) bond motifs is 3. The zero-order chi connectivity index (χ0) is 30.1. The molecule has 5 rings (SSSR count). The first-order chi connectivity index (χ1) is 20.2. The van der Waals surface area contributed by atoms with Gasteiger partial charge in [-0.1, -0.05) is 0 Å². The summed E-state index contributed by atoms with van der Waals surface area (Å²) in [5.74, 6) is 0.482. The van der Waals surface area contributed by atoms with E-state index < -0.39 is 17.9 Å². The number of esters is 2. The minimum atomic E-state index is -0.604. The maximum Gasteiger partial charge on any atom is 0.312 e. The van der Waals surface area contributed by atoms with Crippen LogP contribution in [0.4, 0.5) is 0 Å². The van der Waals surface area contributed by atoms with Crippen molar-refractivity contribution in [1.82, 2.24) is 0 Å². The zero-order valence-corrected chi connectivity index (χ0v) is 23.8. The van der Waals surface area contributed by atoms with Gasteiger partial charge in [-0.05, 0) is 42.0 Å². The molecule has 0 fully saturated rings. The predicted octanol–water partition coefficient (Wildman–Crippen LogP) is 4.71. The molecule has 11 nitrogen and oxygen atoms in total. The minimum absolute atomic E-state index is 0.0416. The number of allylic oxidation sites excluding steroid dienone is 1. The van der Waals surface area contributed by atoms with Gasteiger partial charge in [-0.15, -0.1) is 0 Å². The molecule has 0 radical (unpaired) electrons. The van der Waals surface area contributed by atoms with E-state index in [2.05, 4.69) is 0 Å². The van der Waals surface area contributed by atoms with Crippen molar-refractivity contribution in [3.63, 3.8) is 0 Å². The van der Waals surface area contributed by atoms with Crippen LogP contribution in [0.2, 0.25) is 0 Å². The summed E-state index contributed by atoms with van der Waals surface area (Å²) in [6, 6.07) is 9.75. The van der Waals surface area contributed by atoms with Gasteiger partial charge in [-0.3, -0.25) is 14.4 Å². The Labute approximate surface area is 241 Å². The molecular weight excluding hydrogens is 548 g/mol. The van der Waals surface area contributed by atoms with Gasteiger partial charge < -0.3 is 37.9 Å². The third kappa shape index (κ3) is 4.93.